The molecule has 0 radical (unpaired) electrons. The summed E-state index contributed by atoms with van der Waals surface area (Å²) < 4.78 is 10.9. The molecule has 0 saturated carbocycles. The van der Waals surface area contributed by atoms with Crippen LogP contribution in [0.3, 0.4) is 0 Å². The molecule has 1 atom stereocenters. The summed E-state index contributed by atoms with van der Waals surface area (Å²) in [6, 6.07) is 12.8. The number of piperazine rings is 1. The molecule has 146 valence electrons. The minimum Gasteiger partial charge on any atom is -0.493 e. The van der Waals surface area contributed by atoms with Gasteiger partial charge in [0.25, 0.3) is 5.91 Å². The van der Waals surface area contributed by atoms with E-state index in [1.807, 2.05) is 36.1 Å². The number of benzene rings is 2. The molecule has 1 N–H and O–H groups in total. The third-order valence-electron chi connectivity index (χ3n) is 4.48. The Hall–Kier alpha value is -1.95. The predicted molar refractivity (Wildman–Crippen MR) is 110 cm³/mol. The first-order valence-electron chi connectivity index (χ1n) is 8.72. The van der Waals surface area contributed by atoms with Crippen molar-refractivity contribution in [1.82, 2.24) is 10.2 Å². The summed E-state index contributed by atoms with van der Waals surface area (Å²) in [4.78, 5) is 15.1. The highest BCUT2D eigenvalue weighted by Gasteiger charge is 2.30. The molecule has 0 aliphatic carbocycles. The van der Waals surface area contributed by atoms with Crippen LogP contribution in [-0.4, -0.2) is 44.2 Å². The zero-order valence-corrected chi connectivity index (χ0v) is 17.0. The van der Waals surface area contributed by atoms with Crippen molar-refractivity contribution in [3.8, 4) is 11.5 Å². The Morgan fingerprint density at radius 1 is 1.26 bits per heavy atom. The zero-order chi connectivity index (χ0) is 18.5. The molecule has 1 heterocycles. The maximum atomic E-state index is 13.2. The van der Waals surface area contributed by atoms with Crippen molar-refractivity contribution in [2.24, 2.45) is 0 Å². The van der Waals surface area contributed by atoms with E-state index in [0.29, 0.717) is 41.8 Å². The van der Waals surface area contributed by atoms with Gasteiger partial charge in [-0.25, -0.2) is 0 Å². The molecule has 0 bridgehead atoms. The van der Waals surface area contributed by atoms with E-state index in [9.17, 15) is 4.79 Å². The van der Waals surface area contributed by atoms with Crippen LogP contribution >= 0.6 is 24.0 Å². The van der Waals surface area contributed by atoms with E-state index in [2.05, 4.69) is 5.32 Å². The number of hydrogen-bond acceptors (Lipinski definition) is 4. The second-order valence-corrected chi connectivity index (χ2v) is 6.45. The van der Waals surface area contributed by atoms with Crippen LogP contribution < -0.4 is 14.8 Å². The maximum Gasteiger partial charge on any atom is 0.254 e. The highest BCUT2D eigenvalue weighted by atomic mass is 35.5. The molecule has 1 aliphatic rings. The van der Waals surface area contributed by atoms with Gasteiger partial charge in [0.15, 0.2) is 11.5 Å². The number of hydrogen-bond donors (Lipinski definition) is 1. The van der Waals surface area contributed by atoms with Crippen LogP contribution in [-0.2, 0) is 0 Å². The standard InChI is InChI=1S/C20H23ClN2O3.ClH/c1-3-26-18-9-8-14(12-19(18)25-2)20(24)23-11-10-22-13-17(23)15-6-4-5-7-16(15)21;/h4-9,12,17,22H,3,10-11,13H2,1-2H3;1H. The lowest BCUT2D eigenvalue weighted by Gasteiger charge is -2.37. The molecule has 2 aromatic carbocycles. The molecular formula is C20H24Cl2N2O3. The molecule has 1 aliphatic heterocycles. The van der Waals surface area contributed by atoms with Gasteiger partial charge >= 0.3 is 0 Å². The molecule has 1 amide bonds. The number of methoxy groups -OCH3 is 1. The van der Waals surface area contributed by atoms with Crippen LogP contribution in [0.1, 0.15) is 28.9 Å². The number of halogens is 2. The number of rotatable bonds is 5. The van der Waals surface area contributed by atoms with E-state index in [1.165, 1.54) is 0 Å². The first kappa shape index (κ1) is 21.4. The Morgan fingerprint density at radius 3 is 2.74 bits per heavy atom. The van der Waals surface area contributed by atoms with Crippen LogP contribution in [0.5, 0.6) is 11.5 Å². The number of amides is 1. The first-order valence-corrected chi connectivity index (χ1v) is 9.10. The Morgan fingerprint density at radius 2 is 2.04 bits per heavy atom. The van der Waals surface area contributed by atoms with Gasteiger partial charge in [-0.1, -0.05) is 29.8 Å². The van der Waals surface area contributed by atoms with Crippen LogP contribution in [0.2, 0.25) is 5.02 Å². The van der Waals surface area contributed by atoms with Gasteiger partial charge in [0.2, 0.25) is 0 Å². The monoisotopic (exact) mass is 410 g/mol. The van der Waals surface area contributed by atoms with Gasteiger partial charge in [-0.15, -0.1) is 12.4 Å². The summed E-state index contributed by atoms with van der Waals surface area (Å²) >= 11 is 6.37. The second kappa shape index (κ2) is 9.83. The quantitative estimate of drug-likeness (QED) is 0.810. The van der Waals surface area contributed by atoms with Gasteiger partial charge < -0.3 is 19.7 Å². The fourth-order valence-electron chi connectivity index (χ4n) is 3.21. The van der Waals surface area contributed by atoms with E-state index in [4.69, 9.17) is 21.1 Å². The highest BCUT2D eigenvalue weighted by molar-refractivity contribution is 6.31. The van der Waals surface area contributed by atoms with Crippen LogP contribution in [0, 0.1) is 0 Å². The van der Waals surface area contributed by atoms with Crippen molar-refractivity contribution >= 4 is 29.9 Å². The van der Waals surface area contributed by atoms with Gasteiger partial charge in [-0.3, -0.25) is 4.79 Å². The third kappa shape index (κ3) is 4.67. The van der Waals surface area contributed by atoms with Crippen LogP contribution in [0.4, 0.5) is 0 Å². The Bertz CT molecular complexity index is 786. The zero-order valence-electron chi connectivity index (χ0n) is 15.4. The van der Waals surface area contributed by atoms with Gasteiger partial charge in [-0.05, 0) is 36.8 Å². The van der Waals surface area contributed by atoms with Crippen LogP contribution in [0.25, 0.3) is 0 Å². The molecule has 3 rings (SSSR count). The Labute approximate surface area is 171 Å². The number of nitrogens with one attached hydrogen (secondary N) is 1. The highest BCUT2D eigenvalue weighted by Crippen LogP contribution is 2.32. The molecule has 1 saturated heterocycles. The van der Waals surface area contributed by atoms with Crippen molar-refractivity contribution in [3.63, 3.8) is 0 Å². The third-order valence-corrected chi connectivity index (χ3v) is 4.82. The summed E-state index contributed by atoms with van der Waals surface area (Å²) in [7, 11) is 1.57. The molecule has 0 spiro atoms. The van der Waals surface area contributed by atoms with E-state index in [-0.39, 0.29) is 24.4 Å². The fraction of sp³-hybridized carbons (Fsp3) is 0.350. The van der Waals surface area contributed by atoms with Gasteiger partial charge in [0.05, 0.1) is 19.8 Å². The minimum atomic E-state index is -0.109. The molecule has 27 heavy (non-hydrogen) atoms. The Kier molecular flexibility index (Phi) is 7.78. The first-order chi connectivity index (χ1) is 12.7. The number of carbonyl (C=O) groups is 1. The smallest absolute Gasteiger partial charge is 0.254 e. The van der Waals surface area contributed by atoms with Crippen molar-refractivity contribution < 1.29 is 14.3 Å². The van der Waals surface area contributed by atoms with E-state index in [1.54, 1.807) is 25.3 Å². The number of ether oxygens (including phenoxy) is 2. The van der Waals surface area contributed by atoms with E-state index < -0.39 is 0 Å². The summed E-state index contributed by atoms with van der Waals surface area (Å²) in [6.07, 6.45) is 0. The Balaban J connectivity index is 0.00000261. The molecule has 1 unspecified atom stereocenters. The van der Waals surface area contributed by atoms with Gasteiger partial charge in [-0.2, -0.15) is 0 Å². The summed E-state index contributed by atoms with van der Waals surface area (Å²) in [5, 5.41) is 4.02. The van der Waals surface area contributed by atoms with Crippen molar-refractivity contribution in [1.29, 1.82) is 0 Å². The molecule has 2 aromatic rings. The summed E-state index contributed by atoms with van der Waals surface area (Å²) in [5.41, 5.74) is 1.52. The fourth-order valence-corrected chi connectivity index (χ4v) is 3.47. The van der Waals surface area contributed by atoms with Gasteiger partial charge in [0, 0.05) is 30.2 Å². The largest absolute Gasteiger partial charge is 0.493 e. The molecule has 0 aromatic heterocycles. The average Bonchev–Trinajstić information content (AvgIpc) is 2.68. The van der Waals surface area contributed by atoms with Crippen molar-refractivity contribution in [2.75, 3.05) is 33.4 Å². The maximum absolute atomic E-state index is 13.2. The predicted octanol–water partition coefficient (Wildman–Crippen LogP) is 3.96. The molecule has 1 fully saturated rings. The molecular weight excluding hydrogens is 387 g/mol. The van der Waals surface area contributed by atoms with Gasteiger partial charge in [0.1, 0.15) is 0 Å². The minimum absolute atomic E-state index is 0. The number of carbonyl (C=O) groups excluding carboxylic acids is 1. The lowest BCUT2D eigenvalue weighted by molar-refractivity contribution is 0.0634. The van der Waals surface area contributed by atoms with E-state index >= 15 is 0 Å². The molecule has 5 nitrogen and oxygen atoms in total. The topological polar surface area (TPSA) is 50.8 Å². The lowest BCUT2D eigenvalue weighted by Crippen LogP contribution is -2.48. The second-order valence-electron chi connectivity index (χ2n) is 6.04. The van der Waals surface area contributed by atoms with Crippen molar-refractivity contribution in [2.45, 2.75) is 13.0 Å². The van der Waals surface area contributed by atoms with E-state index in [0.717, 1.165) is 12.1 Å². The SMILES string of the molecule is CCOc1ccc(C(=O)N2CCNCC2c2ccccc2Cl)cc1OC.Cl. The summed E-state index contributed by atoms with van der Waals surface area (Å²) in [6.45, 7) is 4.48. The summed E-state index contributed by atoms with van der Waals surface area (Å²) in [5.74, 6) is 1.15. The number of nitrogens with zero attached hydrogens (tertiary/aromatic N) is 1. The van der Waals surface area contributed by atoms with Crippen LogP contribution in [0.15, 0.2) is 42.5 Å². The average molecular weight is 411 g/mol. The normalized spacial score (nSPS) is 16.4. The molecule has 7 heteroatoms. The lowest BCUT2D eigenvalue weighted by atomic mass is 10.0. The van der Waals surface area contributed by atoms with Crippen molar-refractivity contribution in [3.05, 3.63) is 58.6 Å².